The van der Waals surface area contributed by atoms with Crippen LogP contribution >= 0.6 is 22.7 Å². The number of aromatic nitrogens is 3. The Kier molecular flexibility index (Phi) is 7.19. The summed E-state index contributed by atoms with van der Waals surface area (Å²) < 4.78 is 7.25. The topological polar surface area (TPSA) is 22.8 Å². The van der Waals surface area contributed by atoms with Gasteiger partial charge < -0.3 is 0 Å². The molecular formula is C44H33N3S2. The average Bonchev–Trinajstić information content (AvgIpc) is 3.88. The number of hydrogen-bond acceptors (Lipinski definition) is 3. The highest BCUT2D eigenvalue weighted by molar-refractivity contribution is 7.25. The molecule has 0 saturated heterocycles. The highest BCUT2D eigenvalue weighted by Crippen LogP contribution is 2.42. The number of nitrogens with zero attached hydrogens (tertiary/aromatic N) is 3. The summed E-state index contributed by atoms with van der Waals surface area (Å²) in [5.74, 6) is 1.79. The first kappa shape index (κ1) is 29.6. The standard InChI is InChI=1S/C44H33N3S2/c1-4-7-16-29-27-46(44-43(29)31(6-3)38(49-44)15-5-2)41-23-30(28-17-9-8-10-18-28)24-42(45-41)47-36-21-13-11-19-32(36)34-25-35-33-20-12-14-22-39(33)48-40(35)26-37(34)47/h4-6,8-15,17-27H,1,3,7,16H2,2H3/b15-5-. The minimum Gasteiger partial charge on any atom is -0.294 e. The molecule has 0 saturated carbocycles. The Morgan fingerprint density at radius 2 is 1.49 bits per heavy atom. The van der Waals surface area contributed by atoms with Crippen molar-refractivity contribution in [2.24, 2.45) is 0 Å². The van der Waals surface area contributed by atoms with Crippen LogP contribution in [0.25, 0.3) is 87.1 Å². The first-order valence-electron chi connectivity index (χ1n) is 16.6. The highest BCUT2D eigenvalue weighted by Gasteiger charge is 2.21. The molecule has 3 nitrogen and oxygen atoms in total. The number of pyridine rings is 1. The molecule has 0 aliphatic heterocycles. The predicted molar refractivity (Wildman–Crippen MR) is 215 cm³/mol. The lowest BCUT2D eigenvalue weighted by Crippen LogP contribution is -2.03. The van der Waals surface area contributed by atoms with Crippen LogP contribution in [0.5, 0.6) is 0 Å². The zero-order valence-electron chi connectivity index (χ0n) is 27.2. The Morgan fingerprint density at radius 3 is 2.31 bits per heavy atom. The van der Waals surface area contributed by atoms with E-state index < -0.39 is 0 Å². The van der Waals surface area contributed by atoms with Crippen molar-refractivity contribution in [3.63, 3.8) is 0 Å². The fraction of sp³-hybridized carbons (Fsp3) is 0.0682. The van der Waals surface area contributed by atoms with Gasteiger partial charge in [-0.15, -0.1) is 29.3 Å². The van der Waals surface area contributed by atoms with Crippen LogP contribution < -0.4 is 0 Å². The van der Waals surface area contributed by atoms with Gasteiger partial charge in [-0.25, -0.2) is 4.98 Å². The molecule has 49 heavy (non-hydrogen) atoms. The SMILES string of the molecule is C=CCCc1cn(-c2cc(-c3ccccc3)cc(-n3c4ccccc4c4cc5c(cc43)sc3ccccc35)n2)c2sc(/C=C\C)c(C=C)c12. The average molecular weight is 668 g/mol. The van der Waals surface area contributed by atoms with Gasteiger partial charge in [0.1, 0.15) is 16.5 Å². The third kappa shape index (κ3) is 4.72. The molecule has 0 atom stereocenters. The van der Waals surface area contributed by atoms with Gasteiger partial charge in [-0.05, 0) is 78.9 Å². The lowest BCUT2D eigenvalue weighted by Gasteiger charge is -2.13. The van der Waals surface area contributed by atoms with Crippen LogP contribution in [0.4, 0.5) is 0 Å². The van der Waals surface area contributed by atoms with Crippen molar-refractivity contribution >= 4 is 87.0 Å². The zero-order valence-corrected chi connectivity index (χ0v) is 28.8. The predicted octanol–water partition coefficient (Wildman–Crippen LogP) is 13.0. The van der Waals surface area contributed by atoms with E-state index in [2.05, 4.69) is 151 Å². The van der Waals surface area contributed by atoms with Gasteiger partial charge in [0.2, 0.25) is 0 Å². The third-order valence-electron chi connectivity index (χ3n) is 9.47. The first-order chi connectivity index (χ1) is 24.2. The van der Waals surface area contributed by atoms with E-state index in [0.29, 0.717) is 0 Å². The summed E-state index contributed by atoms with van der Waals surface area (Å²) in [7, 11) is 0. The number of fused-ring (bicyclic) bond motifs is 7. The molecule has 5 heteroatoms. The molecule has 236 valence electrons. The highest BCUT2D eigenvalue weighted by atomic mass is 32.1. The molecule has 0 radical (unpaired) electrons. The van der Waals surface area contributed by atoms with Gasteiger partial charge in [0, 0.05) is 53.0 Å². The van der Waals surface area contributed by atoms with Crippen LogP contribution in [0.1, 0.15) is 29.3 Å². The second-order valence-corrected chi connectivity index (χ2v) is 14.5. The van der Waals surface area contributed by atoms with Gasteiger partial charge in [-0.3, -0.25) is 9.13 Å². The van der Waals surface area contributed by atoms with E-state index >= 15 is 0 Å². The number of hydrogen-bond donors (Lipinski definition) is 0. The summed E-state index contributed by atoms with van der Waals surface area (Å²) in [6.45, 7) is 10.3. The summed E-state index contributed by atoms with van der Waals surface area (Å²) in [4.78, 5) is 7.92. The molecular weight excluding hydrogens is 635 g/mol. The van der Waals surface area contributed by atoms with Gasteiger partial charge in [0.05, 0.1) is 11.0 Å². The van der Waals surface area contributed by atoms with E-state index in [1.807, 2.05) is 23.5 Å². The maximum Gasteiger partial charge on any atom is 0.140 e. The monoisotopic (exact) mass is 667 g/mol. The van der Waals surface area contributed by atoms with Crippen LogP contribution in [0, 0.1) is 0 Å². The molecule has 0 N–H and O–H groups in total. The van der Waals surface area contributed by atoms with Crippen LogP contribution in [-0.2, 0) is 6.42 Å². The largest absolute Gasteiger partial charge is 0.294 e. The molecule has 0 spiro atoms. The summed E-state index contributed by atoms with van der Waals surface area (Å²) >= 11 is 3.65. The summed E-state index contributed by atoms with van der Waals surface area (Å²) in [6, 6.07) is 37.3. The number of rotatable bonds is 8. The third-order valence-corrected chi connectivity index (χ3v) is 11.8. The minimum absolute atomic E-state index is 0.893. The van der Waals surface area contributed by atoms with Crippen molar-refractivity contribution in [1.82, 2.24) is 14.1 Å². The maximum atomic E-state index is 5.52. The Labute approximate surface area is 293 Å². The van der Waals surface area contributed by atoms with Gasteiger partial charge >= 0.3 is 0 Å². The zero-order chi connectivity index (χ0) is 33.1. The molecule has 0 aliphatic rings. The number of aryl methyl sites for hydroxylation is 1. The lowest BCUT2D eigenvalue weighted by atomic mass is 10.1. The van der Waals surface area contributed by atoms with Crippen molar-refractivity contribution in [2.45, 2.75) is 19.8 Å². The maximum absolute atomic E-state index is 5.52. The molecule has 0 amide bonds. The number of thiophene rings is 2. The van der Waals surface area contributed by atoms with E-state index in [9.17, 15) is 0 Å². The molecule has 9 aromatic rings. The lowest BCUT2D eigenvalue weighted by molar-refractivity contribution is 0.970. The molecule has 0 unspecified atom stereocenters. The second-order valence-electron chi connectivity index (χ2n) is 12.4. The van der Waals surface area contributed by atoms with Crippen molar-refractivity contribution in [3.05, 3.63) is 151 Å². The Hall–Kier alpha value is -5.49. The van der Waals surface area contributed by atoms with E-state index in [1.165, 1.54) is 57.2 Å². The minimum atomic E-state index is 0.893. The molecule has 0 bridgehead atoms. The summed E-state index contributed by atoms with van der Waals surface area (Å²) in [5.41, 5.74) is 7.06. The molecule has 5 aromatic heterocycles. The summed E-state index contributed by atoms with van der Waals surface area (Å²) in [6.07, 6.45) is 12.4. The van der Waals surface area contributed by atoms with Crippen molar-refractivity contribution < 1.29 is 0 Å². The number of benzene rings is 4. The van der Waals surface area contributed by atoms with Crippen LogP contribution in [0.3, 0.4) is 0 Å². The fourth-order valence-electron chi connectivity index (χ4n) is 7.27. The van der Waals surface area contributed by atoms with E-state index in [-0.39, 0.29) is 0 Å². The molecule has 5 heterocycles. The Balaban J connectivity index is 1.36. The smallest absolute Gasteiger partial charge is 0.140 e. The quantitative estimate of drug-likeness (QED) is 0.148. The van der Waals surface area contributed by atoms with Crippen molar-refractivity contribution in [1.29, 1.82) is 0 Å². The van der Waals surface area contributed by atoms with Gasteiger partial charge in [0.25, 0.3) is 0 Å². The molecule has 4 aromatic carbocycles. The van der Waals surface area contributed by atoms with Gasteiger partial charge in [0.15, 0.2) is 0 Å². The van der Waals surface area contributed by atoms with Crippen molar-refractivity contribution in [2.75, 3.05) is 0 Å². The summed E-state index contributed by atoms with van der Waals surface area (Å²) in [5, 5.41) is 6.33. The van der Waals surface area contributed by atoms with Gasteiger partial charge in [-0.1, -0.05) is 91.5 Å². The van der Waals surface area contributed by atoms with Crippen molar-refractivity contribution in [3.8, 4) is 22.8 Å². The van der Waals surface area contributed by atoms with Crippen LogP contribution in [0.2, 0.25) is 0 Å². The number of para-hydroxylation sites is 1. The molecule has 0 fully saturated rings. The van der Waals surface area contributed by atoms with E-state index in [1.54, 1.807) is 11.3 Å². The first-order valence-corrected chi connectivity index (χ1v) is 18.3. The molecule has 0 aliphatic carbocycles. The van der Waals surface area contributed by atoms with E-state index in [4.69, 9.17) is 4.98 Å². The van der Waals surface area contributed by atoms with E-state index in [0.717, 1.165) is 46.6 Å². The molecule has 9 rings (SSSR count). The normalized spacial score (nSPS) is 12.0. The number of allylic oxidation sites excluding steroid dienone is 2. The van der Waals surface area contributed by atoms with Crippen LogP contribution in [-0.4, -0.2) is 14.1 Å². The Morgan fingerprint density at radius 1 is 0.714 bits per heavy atom. The fourth-order valence-corrected chi connectivity index (χ4v) is 9.69. The second kappa shape index (κ2) is 11.9. The van der Waals surface area contributed by atoms with Crippen LogP contribution in [0.15, 0.2) is 135 Å². The van der Waals surface area contributed by atoms with Gasteiger partial charge in [-0.2, -0.15) is 0 Å². The Bertz CT molecular complexity index is 2770.